The summed E-state index contributed by atoms with van der Waals surface area (Å²) in [5.74, 6) is 4.28. The lowest BCUT2D eigenvalue weighted by Crippen LogP contribution is -2.40. The molecule has 0 bridgehead atoms. The fourth-order valence-electron chi connectivity index (χ4n) is 6.96. The predicted molar refractivity (Wildman–Crippen MR) is 115 cm³/mol. The van der Waals surface area contributed by atoms with Crippen molar-refractivity contribution in [2.75, 3.05) is 0 Å². The van der Waals surface area contributed by atoms with E-state index in [2.05, 4.69) is 50.8 Å². The molecule has 4 unspecified atom stereocenters. The second kappa shape index (κ2) is 9.43. The molecule has 0 saturated heterocycles. The number of hydrogen-bond acceptors (Lipinski definition) is 0. The minimum atomic E-state index is 0.608. The van der Waals surface area contributed by atoms with Crippen LogP contribution >= 0.6 is 0 Å². The highest BCUT2D eigenvalue weighted by atomic mass is 14.6. The van der Waals surface area contributed by atoms with E-state index in [1.807, 2.05) is 0 Å². The summed E-state index contributed by atoms with van der Waals surface area (Å²) in [7, 11) is 0. The van der Waals surface area contributed by atoms with Gasteiger partial charge in [0.1, 0.15) is 0 Å². The largest absolute Gasteiger partial charge is 0.103 e. The van der Waals surface area contributed by atoms with Gasteiger partial charge in [0.2, 0.25) is 0 Å². The first-order valence-corrected chi connectivity index (χ1v) is 11.7. The van der Waals surface area contributed by atoms with Crippen molar-refractivity contribution in [2.45, 2.75) is 90.9 Å². The van der Waals surface area contributed by atoms with Gasteiger partial charge in [-0.1, -0.05) is 82.8 Å². The Bertz CT molecular complexity index is 482. The van der Waals surface area contributed by atoms with Crippen LogP contribution in [0.15, 0.2) is 37.0 Å². The molecule has 0 amide bonds. The molecule has 2 saturated carbocycles. The van der Waals surface area contributed by atoms with Crippen LogP contribution in [0.5, 0.6) is 0 Å². The van der Waals surface area contributed by atoms with E-state index in [1.54, 1.807) is 0 Å². The highest BCUT2D eigenvalue weighted by Crippen LogP contribution is 2.61. The van der Waals surface area contributed by atoms with E-state index in [0.29, 0.717) is 5.41 Å². The fourth-order valence-corrected chi connectivity index (χ4v) is 6.96. The molecule has 3 aliphatic rings. The second-order valence-corrected chi connectivity index (χ2v) is 9.47. The molecule has 26 heavy (non-hydrogen) atoms. The molecule has 0 heteroatoms. The Balaban J connectivity index is 1.94. The molecule has 0 N–H and O–H groups in total. The van der Waals surface area contributed by atoms with Crippen LogP contribution in [0, 0.1) is 35.0 Å². The molecule has 0 spiro atoms. The van der Waals surface area contributed by atoms with Crippen LogP contribution in [0.2, 0.25) is 0 Å². The zero-order valence-electron chi connectivity index (χ0n) is 17.5. The predicted octanol–water partition coefficient (Wildman–Crippen LogP) is 8.11. The zero-order chi connectivity index (χ0) is 18.4. The highest BCUT2D eigenvalue weighted by molar-refractivity contribution is 5.21. The molecular weight excluding hydrogens is 312 g/mol. The number of unbranched alkanes of at least 4 members (excludes halogenated alkanes) is 2. The Morgan fingerprint density at radius 1 is 0.962 bits per heavy atom. The quantitative estimate of drug-likeness (QED) is 0.347. The summed E-state index contributed by atoms with van der Waals surface area (Å²) in [4.78, 5) is 0. The summed E-state index contributed by atoms with van der Waals surface area (Å²) in [6, 6.07) is 0. The van der Waals surface area contributed by atoms with E-state index in [4.69, 9.17) is 0 Å². The van der Waals surface area contributed by atoms with E-state index in [9.17, 15) is 0 Å². The van der Waals surface area contributed by atoms with Gasteiger partial charge in [-0.05, 0) is 73.5 Å². The summed E-state index contributed by atoms with van der Waals surface area (Å²) in [6.07, 6.45) is 29.2. The highest BCUT2D eigenvalue weighted by Gasteiger charge is 2.53. The van der Waals surface area contributed by atoms with Gasteiger partial charge >= 0.3 is 0 Å². The van der Waals surface area contributed by atoms with Crippen molar-refractivity contribution in [3.05, 3.63) is 37.0 Å². The maximum absolute atomic E-state index is 4.08. The Labute approximate surface area is 163 Å². The maximum atomic E-state index is 4.08. The lowest BCUT2D eigenvalue weighted by atomic mass is 9.57. The molecule has 0 aromatic heterocycles. The van der Waals surface area contributed by atoms with Gasteiger partial charge in [-0.25, -0.2) is 0 Å². The van der Waals surface area contributed by atoms with Crippen LogP contribution < -0.4 is 0 Å². The van der Waals surface area contributed by atoms with Crippen LogP contribution in [-0.4, -0.2) is 0 Å². The fraction of sp³-hybridized carbons (Fsp3) is 0.769. The lowest BCUT2D eigenvalue weighted by Gasteiger charge is -2.47. The first-order chi connectivity index (χ1) is 12.8. The summed E-state index contributed by atoms with van der Waals surface area (Å²) < 4.78 is 0. The van der Waals surface area contributed by atoms with Crippen molar-refractivity contribution in [1.29, 1.82) is 0 Å². The zero-order valence-corrected chi connectivity index (χ0v) is 17.5. The molecule has 146 valence electrons. The maximum Gasteiger partial charge on any atom is -0.0131 e. The average molecular weight is 355 g/mol. The summed E-state index contributed by atoms with van der Waals surface area (Å²) in [5, 5.41) is 0. The van der Waals surface area contributed by atoms with Crippen molar-refractivity contribution in [3.63, 3.8) is 0 Å². The second-order valence-electron chi connectivity index (χ2n) is 9.47. The molecular formula is C26H42. The third-order valence-electron chi connectivity index (χ3n) is 8.16. The third kappa shape index (κ3) is 3.90. The molecule has 0 aliphatic heterocycles. The van der Waals surface area contributed by atoms with Crippen molar-refractivity contribution in [3.8, 4) is 0 Å². The van der Waals surface area contributed by atoms with Gasteiger partial charge < -0.3 is 0 Å². The lowest BCUT2D eigenvalue weighted by molar-refractivity contribution is 0.0269. The van der Waals surface area contributed by atoms with Gasteiger partial charge in [0.25, 0.3) is 0 Å². The molecule has 0 aromatic rings. The SMILES string of the molecule is C=CCC1CC(C(CCCC)(CCCC)C2CCCC2)C2C=CC=CC12. The van der Waals surface area contributed by atoms with Crippen molar-refractivity contribution < 1.29 is 0 Å². The normalized spacial score (nSPS) is 31.5. The van der Waals surface area contributed by atoms with E-state index >= 15 is 0 Å². The molecule has 2 fully saturated rings. The van der Waals surface area contributed by atoms with Crippen LogP contribution in [0.3, 0.4) is 0 Å². The number of allylic oxidation sites excluding steroid dienone is 5. The van der Waals surface area contributed by atoms with Gasteiger partial charge in [0.05, 0.1) is 0 Å². The van der Waals surface area contributed by atoms with E-state index in [-0.39, 0.29) is 0 Å². The molecule has 0 heterocycles. The van der Waals surface area contributed by atoms with Crippen LogP contribution in [0.1, 0.15) is 90.9 Å². The Hall–Kier alpha value is -0.780. The van der Waals surface area contributed by atoms with E-state index in [1.165, 1.54) is 77.0 Å². The van der Waals surface area contributed by atoms with Gasteiger partial charge in [0.15, 0.2) is 0 Å². The standard InChI is InChI=1S/C26H42/c1-4-7-18-26(19-8-5-2,22-14-9-10-15-22)25-20-21(13-6-3)23-16-11-12-17-24(23)25/h6,11-12,16-17,21-25H,3-5,7-10,13-15,18-20H2,1-2H3. The van der Waals surface area contributed by atoms with Crippen LogP contribution in [0.4, 0.5) is 0 Å². The summed E-state index contributed by atoms with van der Waals surface area (Å²) in [5.41, 5.74) is 0.608. The Morgan fingerprint density at radius 2 is 1.58 bits per heavy atom. The number of fused-ring (bicyclic) bond motifs is 1. The number of hydrogen-bond donors (Lipinski definition) is 0. The van der Waals surface area contributed by atoms with Crippen LogP contribution in [0.25, 0.3) is 0 Å². The smallest absolute Gasteiger partial charge is 0.0131 e. The van der Waals surface area contributed by atoms with E-state index < -0.39 is 0 Å². The minimum Gasteiger partial charge on any atom is -0.103 e. The number of rotatable bonds is 10. The minimum absolute atomic E-state index is 0.608. The molecule has 0 radical (unpaired) electrons. The third-order valence-corrected chi connectivity index (χ3v) is 8.16. The molecule has 0 aromatic carbocycles. The van der Waals surface area contributed by atoms with Gasteiger partial charge in [0, 0.05) is 0 Å². The Kier molecular flexibility index (Phi) is 7.24. The topological polar surface area (TPSA) is 0 Å². The van der Waals surface area contributed by atoms with Crippen molar-refractivity contribution in [1.82, 2.24) is 0 Å². The van der Waals surface area contributed by atoms with Crippen molar-refractivity contribution >= 4 is 0 Å². The monoisotopic (exact) mass is 354 g/mol. The molecule has 3 rings (SSSR count). The molecule has 3 aliphatic carbocycles. The summed E-state index contributed by atoms with van der Waals surface area (Å²) in [6.45, 7) is 8.86. The van der Waals surface area contributed by atoms with Gasteiger partial charge in [-0.3, -0.25) is 0 Å². The first kappa shape index (κ1) is 20.0. The first-order valence-electron chi connectivity index (χ1n) is 11.7. The molecule has 0 nitrogen and oxygen atoms in total. The summed E-state index contributed by atoms with van der Waals surface area (Å²) >= 11 is 0. The van der Waals surface area contributed by atoms with Gasteiger partial charge in [-0.15, -0.1) is 6.58 Å². The Morgan fingerprint density at radius 3 is 2.15 bits per heavy atom. The van der Waals surface area contributed by atoms with E-state index in [0.717, 1.165) is 29.6 Å². The van der Waals surface area contributed by atoms with Crippen LogP contribution in [-0.2, 0) is 0 Å². The molecule has 4 atom stereocenters. The van der Waals surface area contributed by atoms with Crippen molar-refractivity contribution in [2.24, 2.45) is 35.0 Å². The van der Waals surface area contributed by atoms with Gasteiger partial charge in [-0.2, -0.15) is 0 Å². The average Bonchev–Trinajstić information content (AvgIpc) is 3.32.